The van der Waals surface area contributed by atoms with Crippen molar-refractivity contribution in [3.8, 4) is 0 Å². The highest BCUT2D eigenvalue weighted by Crippen LogP contribution is 2.49. The lowest BCUT2D eigenvalue weighted by molar-refractivity contribution is -0.146. The molecule has 0 aromatic rings. The van der Waals surface area contributed by atoms with Crippen molar-refractivity contribution in [2.24, 2.45) is 11.3 Å². The van der Waals surface area contributed by atoms with Crippen molar-refractivity contribution >= 4 is 17.8 Å². The van der Waals surface area contributed by atoms with E-state index in [2.05, 4.69) is 19.2 Å². The number of carbonyl (C=O) groups is 3. The number of amides is 4. The number of carbonyl (C=O) groups excluding carboxylic acids is 3. The Morgan fingerprint density at radius 1 is 1.25 bits per heavy atom. The van der Waals surface area contributed by atoms with Gasteiger partial charge in [0.15, 0.2) is 0 Å². The van der Waals surface area contributed by atoms with Gasteiger partial charge < -0.3 is 4.90 Å². The van der Waals surface area contributed by atoms with Gasteiger partial charge in [0.1, 0.15) is 5.41 Å². The molecule has 1 saturated carbocycles. The highest BCUT2D eigenvalue weighted by molar-refractivity contribution is 6.21. The van der Waals surface area contributed by atoms with E-state index in [1.54, 1.807) is 0 Å². The summed E-state index contributed by atoms with van der Waals surface area (Å²) in [5, 5.41) is 2.35. The molecule has 1 saturated heterocycles. The number of barbiturate groups is 1. The predicted octanol–water partition coefficient (Wildman–Crippen LogP) is 0.821. The molecule has 4 amide bonds. The molecule has 1 N–H and O–H groups in total. The second-order valence-electron chi connectivity index (χ2n) is 6.56. The van der Waals surface area contributed by atoms with Crippen molar-refractivity contribution in [3.05, 3.63) is 0 Å². The Bertz CT molecular complexity index is 431. The molecule has 0 aromatic carbocycles. The van der Waals surface area contributed by atoms with E-state index in [-0.39, 0.29) is 11.9 Å². The molecule has 20 heavy (non-hydrogen) atoms. The molecule has 1 heterocycles. The first-order valence-corrected chi connectivity index (χ1v) is 7.11. The minimum absolute atomic E-state index is 0.192. The van der Waals surface area contributed by atoms with E-state index >= 15 is 0 Å². The second-order valence-corrected chi connectivity index (χ2v) is 6.56. The summed E-state index contributed by atoms with van der Waals surface area (Å²) in [7, 11) is 3.83. The molecule has 1 atom stereocenters. The lowest BCUT2D eigenvalue weighted by Gasteiger charge is -2.37. The molecule has 6 nitrogen and oxygen atoms in total. The largest absolute Gasteiger partial charge is 0.331 e. The van der Waals surface area contributed by atoms with Gasteiger partial charge in [-0.05, 0) is 39.3 Å². The van der Waals surface area contributed by atoms with Crippen LogP contribution < -0.4 is 5.32 Å². The number of rotatable bonds is 5. The van der Waals surface area contributed by atoms with E-state index in [9.17, 15) is 14.4 Å². The van der Waals surface area contributed by atoms with Crippen LogP contribution in [0.3, 0.4) is 0 Å². The fraction of sp³-hybridized carbons (Fsp3) is 0.786. The smallest absolute Gasteiger partial charge is 0.307 e. The van der Waals surface area contributed by atoms with Crippen LogP contribution in [0.5, 0.6) is 0 Å². The van der Waals surface area contributed by atoms with Crippen molar-refractivity contribution in [3.63, 3.8) is 0 Å². The van der Waals surface area contributed by atoms with Crippen LogP contribution in [0.1, 0.15) is 33.1 Å². The van der Waals surface area contributed by atoms with Gasteiger partial charge >= 0.3 is 6.03 Å². The zero-order chi connectivity index (χ0) is 15.1. The standard InChI is InChI=1S/C14H23N3O3/c1-9(2)7-10(8-16(3)4)17-12(19)14(5-6-14)11(18)15-13(17)20/h9-10H,5-8H2,1-4H3,(H,15,18,20). The van der Waals surface area contributed by atoms with E-state index in [0.717, 1.165) is 6.42 Å². The number of nitrogens with zero attached hydrogens (tertiary/aromatic N) is 2. The summed E-state index contributed by atoms with van der Waals surface area (Å²) >= 11 is 0. The fourth-order valence-corrected chi connectivity index (χ4v) is 2.82. The lowest BCUT2D eigenvalue weighted by atomic mass is 9.96. The van der Waals surface area contributed by atoms with E-state index < -0.39 is 17.4 Å². The van der Waals surface area contributed by atoms with Crippen LogP contribution in [-0.2, 0) is 9.59 Å². The van der Waals surface area contributed by atoms with Crippen LogP contribution in [0.15, 0.2) is 0 Å². The van der Waals surface area contributed by atoms with E-state index in [1.165, 1.54) is 4.90 Å². The summed E-state index contributed by atoms with van der Waals surface area (Å²) in [6.07, 6.45) is 1.84. The number of likely N-dealkylation sites (N-methyl/N-ethyl adjacent to an activating group) is 1. The molecule has 2 rings (SSSR count). The van der Waals surface area contributed by atoms with Crippen molar-refractivity contribution < 1.29 is 14.4 Å². The predicted molar refractivity (Wildman–Crippen MR) is 73.8 cm³/mol. The molecule has 1 aliphatic carbocycles. The molecular weight excluding hydrogens is 258 g/mol. The Balaban J connectivity index is 2.24. The normalized spacial score (nSPS) is 22.7. The molecule has 0 bridgehead atoms. The van der Waals surface area contributed by atoms with Gasteiger partial charge in [-0.1, -0.05) is 13.8 Å². The molecule has 112 valence electrons. The van der Waals surface area contributed by atoms with Crippen LogP contribution in [0.4, 0.5) is 4.79 Å². The third-order valence-electron chi connectivity index (χ3n) is 3.94. The highest BCUT2D eigenvalue weighted by atomic mass is 16.2. The first-order chi connectivity index (χ1) is 9.28. The van der Waals surface area contributed by atoms with Crippen molar-refractivity contribution in [1.29, 1.82) is 0 Å². The summed E-state index contributed by atoms with van der Waals surface area (Å²) < 4.78 is 0. The first-order valence-electron chi connectivity index (χ1n) is 7.11. The third kappa shape index (κ3) is 2.57. The Kier molecular flexibility index (Phi) is 3.86. The maximum atomic E-state index is 12.6. The maximum absolute atomic E-state index is 12.6. The number of urea groups is 1. The van der Waals surface area contributed by atoms with Gasteiger partial charge in [-0.15, -0.1) is 0 Å². The molecule has 2 aliphatic rings. The van der Waals surface area contributed by atoms with Crippen molar-refractivity contribution in [1.82, 2.24) is 15.1 Å². The first kappa shape index (κ1) is 15.0. The van der Waals surface area contributed by atoms with Gasteiger partial charge in [0, 0.05) is 6.54 Å². The van der Waals surface area contributed by atoms with Crippen LogP contribution >= 0.6 is 0 Å². The Morgan fingerprint density at radius 2 is 1.85 bits per heavy atom. The van der Waals surface area contributed by atoms with Gasteiger partial charge in [-0.2, -0.15) is 0 Å². The number of imide groups is 2. The number of hydrogen-bond acceptors (Lipinski definition) is 4. The molecule has 2 fully saturated rings. The lowest BCUT2D eigenvalue weighted by Crippen LogP contribution is -2.63. The second kappa shape index (κ2) is 5.16. The van der Waals surface area contributed by atoms with Crippen molar-refractivity contribution in [2.45, 2.75) is 39.2 Å². The van der Waals surface area contributed by atoms with Gasteiger partial charge in [-0.3, -0.25) is 19.8 Å². The summed E-state index contributed by atoms with van der Waals surface area (Å²) in [5.41, 5.74) is -0.949. The van der Waals surface area contributed by atoms with Crippen LogP contribution in [0.2, 0.25) is 0 Å². The van der Waals surface area contributed by atoms with Crippen molar-refractivity contribution in [2.75, 3.05) is 20.6 Å². The number of hydrogen-bond donors (Lipinski definition) is 1. The van der Waals surface area contributed by atoms with Crippen LogP contribution in [0, 0.1) is 11.3 Å². The van der Waals surface area contributed by atoms with Crippen LogP contribution in [-0.4, -0.2) is 54.3 Å². The average Bonchev–Trinajstić information content (AvgIpc) is 3.06. The summed E-state index contributed by atoms with van der Waals surface area (Å²) in [4.78, 5) is 39.7. The Labute approximate surface area is 119 Å². The molecule has 1 unspecified atom stereocenters. The quantitative estimate of drug-likeness (QED) is 0.758. The van der Waals surface area contributed by atoms with E-state index in [1.807, 2.05) is 19.0 Å². The van der Waals surface area contributed by atoms with Gasteiger partial charge in [0.05, 0.1) is 6.04 Å². The van der Waals surface area contributed by atoms with Gasteiger partial charge in [0.2, 0.25) is 11.8 Å². The molecule has 6 heteroatoms. The van der Waals surface area contributed by atoms with E-state index in [0.29, 0.717) is 25.3 Å². The third-order valence-corrected chi connectivity index (χ3v) is 3.94. The highest BCUT2D eigenvalue weighted by Gasteiger charge is 2.63. The van der Waals surface area contributed by atoms with E-state index in [4.69, 9.17) is 0 Å². The Hall–Kier alpha value is -1.43. The summed E-state index contributed by atoms with van der Waals surface area (Å²) in [5.74, 6) is -0.357. The summed E-state index contributed by atoms with van der Waals surface area (Å²) in [6.45, 7) is 4.74. The summed E-state index contributed by atoms with van der Waals surface area (Å²) in [6, 6.07) is -0.756. The van der Waals surface area contributed by atoms with Gasteiger partial charge in [-0.25, -0.2) is 4.79 Å². The molecule has 0 aromatic heterocycles. The minimum Gasteiger partial charge on any atom is -0.307 e. The zero-order valence-corrected chi connectivity index (χ0v) is 12.6. The Morgan fingerprint density at radius 3 is 2.30 bits per heavy atom. The molecule has 0 radical (unpaired) electrons. The maximum Gasteiger partial charge on any atom is 0.331 e. The monoisotopic (exact) mass is 281 g/mol. The zero-order valence-electron chi connectivity index (χ0n) is 12.6. The number of nitrogens with one attached hydrogen (secondary N) is 1. The average molecular weight is 281 g/mol. The molecule has 1 aliphatic heterocycles. The van der Waals surface area contributed by atoms with Gasteiger partial charge in [0.25, 0.3) is 0 Å². The molecular formula is C14H23N3O3. The SMILES string of the molecule is CC(C)CC(CN(C)C)N1C(=O)NC(=O)C2(CC2)C1=O. The minimum atomic E-state index is -0.949. The fourth-order valence-electron chi connectivity index (χ4n) is 2.82. The topological polar surface area (TPSA) is 69.7 Å². The molecule has 1 spiro atoms. The van der Waals surface area contributed by atoms with Crippen LogP contribution in [0.25, 0.3) is 0 Å².